The number of ether oxygens (including phenoxy) is 10. The summed E-state index contributed by atoms with van der Waals surface area (Å²) in [6.07, 6.45) is -17.0. The molecule has 1 N–H and O–H groups in total. The number of hydrogen-bond acceptors (Lipinski definition) is 18. The molecule has 4 aromatic rings. The van der Waals surface area contributed by atoms with Gasteiger partial charge in [0.1, 0.15) is 18.8 Å². The zero-order valence-corrected chi connectivity index (χ0v) is 34.6. The summed E-state index contributed by atoms with van der Waals surface area (Å²) in [5.41, 5.74) is 0.323. The fourth-order valence-corrected chi connectivity index (χ4v) is 6.86. The van der Waals surface area contributed by atoms with Crippen LogP contribution in [0, 0.1) is 0 Å². The molecule has 0 saturated carbocycles. The van der Waals surface area contributed by atoms with Crippen molar-refractivity contribution < 1.29 is 86.0 Å². The second-order valence-electron chi connectivity index (χ2n) is 14.3. The van der Waals surface area contributed by atoms with Crippen molar-refractivity contribution in [1.29, 1.82) is 0 Å². The van der Waals surface area contributed by atoms with Gasteiger partial charge in [-0.2, -0.15) is 0 Å². The van der Waals surface area contributed by atoms with Crippen molar-refractivity contribution in [2.75, 3.05) is 13.2 Å². The molecule has 10 atom stereocenters. The molecule has 18 nitrogen and oxygen atoms in total. The molecule has 2 heterocycles. The summed E-state index contributed by atoms with van der Waals surface area (Å²) in [6.45, 7) is 1.72. The first-order valence-corrected chi connectivity index (χ1v) is 19.9. The van der Waals surface area contributed by atoms with E-state index in [2.05, 4.69) is 0 Å². The van der Waals surface area contributed by atoms with E-state index in [1.165, 1.54) is 48.5 Å². The molecule has 0 aliphatic carbocycles. The molecule has 0 aromatic heterocycles. The Balaban J connectivity index is 1.42. The standard InChI is InChI=1S/C46H44O18/c1-26(47)57-35-33(60-45(54)39(59-28(3)49)37(35)58-27(2)48)25-56-46-40(64-44(53)32-22-14-7-15-23-32)38(63-43(52)31-20-12-6-13-21-31)36(62-42(51)30-18-10-5-11-19-30)34(61-46)24-55-41(50)29-16-8-4-9-17-29/h4-23,33-40,45-46,54H,24-25H2,1-3H3. The van der Waals surface area contributed by atoms with E-state index in [1.807, 2.05) is 0 Å². The highest BCUT2D eigenvalue weighted by molar-refractivity contribution is 5.91. The predicted octanol–water partition coefficient (Wildman–Crippen LogP) is 3.77. The molecule has 2 aliphatic heterocycles. The third-order valence-electron chi connectivity index (χ3n) is 9.68. The van der Waals surface area contributed by atoms with Crippen LogP contribution in [0.3, 0.4) is 0 Å². The molecule has 336 valence electrons. The second kappa shape index (κ2) is 21.9. The van der Waals surface area contributed by atoms with Gasteiger partial charge in [-0.25, -0.2) is 19.2 Å². The van der Waals surface area contributed by atoms with E-state index in [-0.39, 0.29) is 22.3 Å². The van der Waals surface area contributed by atoms with Gasteiger partial charge in [0, 0.05) is 20.8 Å². The third kappa shape index (κ3) is 12.1. The zero-order chi connectivity index (χ0) is 45.8. The topological polar surface area (TPSA) is 232 Å². The van der Waals surface area contributed by atoms with E-state index in [1.54, 1.807) is 72.8 Å². The smallest absolute Gasteiger partial charge is 0.338 e. The van der Waals surface area contributed by atoms with Crippen molar-refractivity contribution in [3.8, 4) is 0 Å². The van der Waals surface area contributed by atoms with E-state index in [9.17, 15) is 38.7 Å². The quantitative estimate of drug-likeness (QED) is 0.132. The Kier molecular flexibility index (Phi) is 15.9. The van der Waals surface area contributed by atoms with E-state index in [4.69, 9.17) is 47.4 Å². The van der Waals surface area contributed by atoms with Crippen LogP contribution in [0.5, 0.6) is 0 Å². The lowest BCUT2D eigenvalue weighted by atomic mass is 9.97. The maximum Gasteiger partial charge on any atom is 0.338 e. The molecule has 0 bridgehead atoms. The third-order valence-corrected chi connectivity index (χ3v) is 9.68. The largest absolute Gasteiger partial charge is 0.459 e. The highest BCUT2D eigenvalue weighted by Crippen LogP contribution is 2.34. The van der Waals surface area contributed by atoms with E-state index in [0.717, 1.165) is 20.8 Å². The minimum Gasteiger partial charge on any atom is -0.459 e. The number of carbonyl (C=O) groups is 7. The highest BCUT2D eigenvalue weighted by atomic mass is 16.7. The van der Waals surface area contributed by atoms with Crippen LogP contribution in [0.1, 0.15) is 62.2 Å². The number of aliphatic hydroxyl groups excluding tert-OH is 1. The number of esters is 7. The monoisotopic (exact) mass is 884 g/mol. The van der Waals surface area contributed by atoms with Crippen LogP contribution in [0.4, 0.5) is 0 Å². The van der Waals surface area contributed by atoms with Crippen molar-refractivity contribution in [3.63, 3.8) is 0 Å². The fourth-order valence-electron chi connectivity index (χ4n) is 6.86. The maximum atomic E-state index is 14.0. The number of rotatable bonds is 15. The summed E-state index contributed by atoms with van der Waals surface area (Å²) in [5, 5.41) is 11.0. The van der Waals surface area contributed by atoms with Crippen LogP contribution in [0.25, 0.3) is 0 Å². The Labute approximate surface area is 366 Å². The number of hydrogen-bond donors (Lipinski definition) is 1. The van der Waals surface area contributed by atoms with E-state index < -0.39 is 116 Å². The predicted molar refractivity (Wildman–Crippen MR) is 216 cm³/mol. The van der Waals surface area contributed by atoms with Gasteiger partial charge in [-0.3, -0.25) is 14.4 Å². The van der Waals surface area contributed by atoms with Crippen molar-refractivity contribution in [3.05, 3.63) is 144 Å². The molecule has 10 unspecified atom stereocenters. The minimum atomic E-state index is -1.97. The van der Waals surface area contributed by atoms with Gasteiger partial charge in [0.2, 0.25) is 0 Å². The van der Waals surface area contributed by atoms with Crippen molar-refractivity contribution in [1.82, 2.24) is 0 Å². The molecule has 2 fully saturated rings. The Hall–Kier alpha value is -6.99. The Morgan fingerprint density at radius 3 is 1.22 bits per heavy atom. The van der Waals surface area contributed by atoms with Gasteiger partial charge in [0.25, 0.3) is 0 Å². The summed E-state index contributed by atoms with van der Waals surface area (Å²) in [7, 11) is 0. The highest BCUT2D eigenvalue weighted by Gasteiger charge is 2.56. The lowest BCUT2D eigenvalue weighted by molar-refractivity contribution is -0.326. The molecule has 2 saturated heterocycles. The fraction of sp³-hybridized carbons (Fsp3) is 0.326. The molecule has 2 aliphatic rings. The van der Waals surface area contributed by atoms with Crippen molar-refractivity contribution in [2.24, 2.45) is 0 Å². The zero-order valence-electron chi connectivity index (χ0n) is 34.6. The van der Waals surface area contributed by atoms with Gasteiger partial charge in [0.05, 0.1) is 28.9 Å². The Morgan fingerprint density at radius 2 is 0.766 bits per heavy atom. The molecule has 64 heavy (non-hydrogen) atoms. The van der Waals surface area contributed by atoms with Gasteiger partial charge in [-0.15, -0.1) is 0 Å². The molecule has 0 spiro atoms. The second-order valence-corrected chi connectivity index (χ2v) is 14.3. The van der Waals surface area contributed by atoms with Crippen LogP contribution < -0.4 is 0 Å². The van der Waals surface area contributed by atoms with Gasteiger partial charge in [-0.1, -0.05) is 72.8 Å². The van der Waals surface area contributed by atoms with Gasteiger partial charge >= 0.3 is 41.8 Å². The molecule has 18 heteroatoms. The average molecular weight is 885 g/mol. The lowest BCUT2D eigenvalue weighted by Gasteiger charge is -2.46. The van der Waals surface area contributed by atoms with Crippen LogP contribution in [-0.2, 0) is 61.8 Å². The number of benzene rings is 4. The van der Waals surface area contributed by atoms with Crippen LogP contribution in [0.15, 0.2) is 121 Å². The van der Waals surface area contributed by atoms with Gasteiger partial charge in [0.15, 0.2) is 49.2 Å². The summed E-state index contributed by atoms with van der Waals surface area (Å²) >= 11 is 0. The summed E-state index contributed by atoms with van der Waals surface area (Å²) < 4.78 is 58.2. The SMILES string of the molecule is CC(=O)OC1C(O)OC(COC2OC(COC(=O)c3ccccc3)C(OC(=O)c3ccccc3)C(OC(=O)c3ccccc3)C2OC(=O)c2ccccc2)C(OC(C)=O)C1OC(C)=O. The minimum absolute atomic E-state index is 0.0422. The summed E-state index contributed by atoms with van der Waals surface area (Å²) in [5.74, 6) is -6.34. The van der Waals surface area contributed by atoms with Gasteiger partial charge < -0.3 is 52.5 Å². The van der Waals surface area contributed by atoms with Crippen molar-refractivity contribution >= 4 is 41.8 Å². The van der Waals surface area contributed by atoms with Gasteiger partial charge in [-0.05, 0) is 48.5 Å². The molecule has 0 amide bonds. The van der Waals surface area contributed by atoms with Crippen LogP contribution >= 0.6 is 0 Å². The lowest BCUT2D eigenvalue weighted by Crippen LogP contribution is -2.65. The number of aliphatic hydroxyl groups is 1. The van der Waals surface area contributed by atoms with Crippen LogP contribution in [0.2, 0.25) is 0 Å². The molecule has 4 aromatic carbocycles. The Bertz CT molecular complexity index is 2240. The maximum absolute atomic E-state index is 14.0. The molecule has 6 rings (SSSR count). The summed E-state index contributed by atoms with van der Waals surface area (Å²) in [6, 6.07) is 31.1. The van der Waals surface area contributed by atoms with E-state index in [0.29, 0.717) is 0 Å². The molecule has 0 radical (unpaired) electrons. The average Bonchev–Trinajstić information content (AvgIpc) is 3.29. The normalized spacial score (nSPS) is 25.1. The first kappa shape index (κ1) is 46.5. The summed E-state index contributed by atoms with van der Waals surface area (Å²) in [4.78, 5) is 91.7. The molecular weight excluding hydrogens is 840 g/mol. The number of carbonyl (C=O) groups excluding carboxylic acids is 7. The Morgan fingerprint density at radius 1 is 0.422 bits per heavy atom. The van der Waals surface area contributed by atoms with Crippen molar-refractivity contribution in [2.45, 2.75) is 82.2 Å². The van der Waals surface area contributed by atoms with Crippen LogP contribution in [-0.4, -0.2) is 122 Å². The first-order chi connectivity index (χ1) is 30.8. The molecular formula is C46H44O18. The first-order valence-electron chi connectivity index (χ1n) is 19.9. The van der Waals surface area contributed by atoms with E-state index >= 15 is 0 Å².